The normalized spacial score (nSPS) is 28.4. The van der Waals surface area contributed by atoms with Gasteiger partial charge in [-0.2, -0.15) is 0 Å². The second-order valence-corrected chi connectivity index (χ2v) is 7.42. The minimum Gasteiger partial charge on any atom is -0.338 e. The van der Waals surface area contributed by atoms with Crippen molar-refractivity contribution in [3.05, 3.63) is 35.9 Å². The summed E-state index contributed by atoms with van der Waals surface area (Å²) in [5.41, 5.74) is 0.693. The summed E-state index contributed by atoms with van der Waals surface area (Å²) in [5, 5.41) is 0. The van der Waals surface area contributed by atoms with Crippen molar-refractivity contribution >= 4 is 5.91 Å². The standard InChI is InChI=1S/C20H27NO2/c22-19-18(16-10-4-1-5-11-16)23-20(14-8-3-9-15-20)21(19)17-12-6-2-7-13-17/h1,4-5,10-11,17-18H,2-3,6-9,12-15H2. The van der Waals surface area contributed by atoms with E-state index in [1.807, 2.05) is 30.3 Å². The van der Waals surface area contributed by atoms with Gasteiger partial charge in [0.25, 0.3) is 5.91 Å². The molecule has 3 nitrogen and oxygen atoms in total. The highest BCUT2D eigenvalue weighted by molar-refractivity contribution is 5.85. The molecule has 1 saturated heterocycles. The summed E-state index contributed by atoms with van der Waals surface area (Å²) < 4.78 is 6.53. The zero-order valence-corrected chi connectivity index (χ0v) is 13.9. The number of carbonyl (C=O) groups is 1. The molecule has 1 heterocycles. The average Bonchev–Trinajstić information content (AvgIpc) is 2.89. The van der Waals surface area contributed by atoms with Crippen LogP contribution in [0.15, 0.2) is 30.3 Å². The topological polar surface area (TPSA) is 29.5 Å². The predicted molar refractivity (Wildman–Crippen MR) is 89.8 cm³/mol. The molecular weight excluding hydrogens is 286 g/mol. The lowest BCUT2D eigenvalue weighted by Crippen LogP contribution is -2.53. The summed E-state index contributed by atoms with van der Waals surface area (Å²) in [4.78, 5) is 15.5. The Labute approximate surface area is 139 Å². The van der Waals surface area contributed by atoms with Crippen molar-refractivity contribution < 1.29 is 9.53 Å². The van der Waals surface area contributed by atoms with E-state index in [2.05, 4.69) is 4.90 Å². The number of carbonyl (C=O) groups excluding carboxylic acids is 1. The lowest BCUT2D eigenvalue weighted by atomic mass is 9.86. The number of benzene rings is 1. The molecule has 1 spiro atoms. The van der Waals surface area contributed by atoms with Crippen LogP contribution in [0.3, 0.4) is 0 Å². The highest BCUT2D eigenvalue weighted by Crippen LogP contribution is 2.48. The first kappa shape index (κ1) is 15.2. The molecule has 4 rings (SSSR count). The summed E-state index contributed by atoms with van der Waals surface area (Å²) in [6.45, 7) is 0. The largest absolute Gasteiger partial charge is 0.338 e. The van der Waals surface area contributed by atoms with Crippen LogP contribution >= 0.6 is 0 Å². The molecular formula is C20H27NO2. The van der Waals surface area contributed by atoms with Crippen molar-refractivity contribution in [1.82, 2.24) is 4.90 Å². The molecule has 23 heavy (non-hydrogen) atoms. The Balaban J connectivity index is 1.67. The molecule has 3 fully saturated rings. The van der Waals surface area contributed by atoms with E-state index in [9.17, 15) is 4.79 Å². The maximum Gasteiger partial charge on any atom is 0.258 e. The Kier molecular flexibility index (Phi) is 4.14. The fourth-order valence-corrected chi connectivity index (χ4v) is 4.81. The van der Waals surface area contributed by atoms with Gasteiger partial charge in [-0.15, -0.1) is 0 Å². The number of hydrogen-bond acceptors (Lipinski definition) is 2. The van der Waals surface area contributed by atoms with E-state index in [1.54, 1.807) is 0 Å². The minimum atomic E-state index is -0.392. The van der Waals surface area contributed by atoms with Crippen LogP contribution in [0, 0.1) is 0 Å². The van der Waals surface area contributed by atoms with Gasteiger partial charge in [0, 0.05) is 6.04 Å². The van der Waals surface area contributed by atoms with Gasteiger partial charge in [-0.25, -0.2) is 0 Å². The number of hydrogen-bond donors (Lipinski definition) is 0. The smallest absolute Gasteiger partial charge is 0.258 e. The van der Waals surface area contributed by atoms with E-state index in [4.69, 9.17) is 4.74 Å². The van der Waals surface area contributed by atoms with Crippen LogP contribution in [0.2, 0.25) is 0 Å². The molecule has 2 aliphatic carbocycles. The van der Waals surface area contributed by atoms with Gasteiger partial charge in [0.2, 0.25) is 0 Å². The van der Waals surface area contributed by atoms with Crippen LogP contribution in [0.4, 0.5) is 0 Å². The molecule has 0 bridgehead atoms. The van der Waals surface area contributed by atoms with Gasteiger partial charge >= 0.3 is 0 Å². The SMILES string of the molecule is O=C1C(c2ccccc2)OC2(CCCCC2)N1C1CCCCC1. The monoisotopic (exact) mass is 313 g/mol. The van der Waals surface area contributed by atoms with Crippen LogP contribution in [0.25, 0.3) is 0 Å². The molecule has 3 aliphatic rings. The first-order valence-electron chi connectivity index (χ1n) is 9.36. The van der Waals surface area contributed by atoms with Gasteiger partial charge in [-0.1, -0.05) is 56.0 Å². The Morgan fingerprint density at radius 2 is 1.57 bits per heavy atom. The third-order valence-electron chi connectivity index (χ3n) is 5.91. The molecule has 1 aromatic carbocycles. The third-order valence-corrected chi connectivity index (χ3v) is 5.91. The first-order valence-corrected chi connectivity index (χ1v) is 9.36. The van der Waals surface area contributed by atoms with Crippen molar-refractivity contribution in [2.45, 2.75) is 82.1 Å². The molecule has 124 valence electrons. The van der Waals surface area contributed by atoms with Crippen LogP contribution in [-0.4, -0.2) is 22.6 Å². The Morgan fingerprint density at radius 3 is 2.26 bits per heavy atom. The molecule has 2 saturated carbocycles. The van der Waals surface area contributed by atoms with E-state index in [0.717, 1.165) is 31.2 Å². The van der Waals surface area contributed by atoms with Gasteiger partial charge in [-0.05, 0) is 44.1 Å². The lowest BCUT2D eigenvalue weighted by molar-refractivity contribution is -0.151. The zero-order valence-electron chi connectivity index (χ0n) is 13.9. The Morgan fingerprint density at radius 1 is 0.913 bits per heavy atom. The van der Waals surface area contributed by atoms with E-state index in [0.29, 0.717) is 6.04 Å². The van der Waals surface area contributed by atoms with E-state index in [1.165, 1.54) is 38.5 Å². The van der Waals surface area contributed by atoms with Gasteiger partial charge in [0.05, 0.1) is 0 Å². The fourth-order valence-electron chi connectivity index (χ4n) is 4.81. The molecule has 0 aromatic heterocycles. The molecule has 1 aromatic rings. The molecule has 1 atom stereocenters. The minimum absolute atomic E-state index is 0.213. The van der Waals surface area contributed by atoms with E-state index < -0.39 is 6.10 Å². The van der Waals surface area contributed by atoms with Crippen LogP contribution in [0.5, 0.6) is 0 Å². The van der Waals surface area contributed by atoms with E-state index >= 15 is 0 Å². The Hall–Kier alpha value is -1.35. The van der Waals surface area contributed by atoms with Gasteiger partial charge in [-0.3, -0.25) is 4.79 Å². The van der Waals surface area contributed by atoms with Gasteiger partial charge in [0.1, 0.15) is 5.72 Å². The van der Waals surface area contributed by atoms with Crippen molar-refractivity contribution in [2.75, 3.05) is 0 Å². The van der Waals surface area contributed by atoms with Crippen molar-refractivity contribution in [3.63, 3.8) is 0 Å². The summed E-state index contributed by atoms with van der Waals surface area (Å²) in [5.74, 6) is 0.213. The second kappa shape index (κ2) is 6.27. The molecule has 1 amide bonds. The van der Waals surface area contributed by atoms with Crippen LogP contribution < -0.4 is 0 Å². The number of nitrogens with zero attached hydrogens (tertiary/aromatic N) is 1. The highest BCUT2D eigenvalue weighted by Gasteiger charge is 2.54. The Bertz CT molecular complexity index is 544. The zero-order chi connectivity index (χ0) is 15.7. The van der Waals surface area contributed by atoms with Crippen molar-refractivity contribution in [2.24, 2.45) is 0 Å². The van der Waals surface area contributed by atoms with Crippen LogP contribution in [0.1, 0.15) is 75.9 Å². The third kappa shape index (κ3) is 2.69. The molecule has 3 heteroatoms. The molecule has 1 unspecified atom stereocenters. The highest BCUT2D eigenvalue weighted by atomic mass is 16.6. The quantitative estimate of drug-likeness (QED) is 0.800. The first-order chi connectivity index (χ1) is 11.3. The summed E-state index contributed by atoms with van der Waals surface area (Å²) in [7, 11) is 0. The molecule has 0 radical (unpaired) electrons. The summed E-state index contributed by atoms with van der Waals surface area (Å²) in [6, 6.07) is 10.5. The van der Waals surface area contributed by atoms with Crippen molar-refractivity contribution in [1.29, 1.82) is 0 Å². The predicted octanol–water partition coefficient (Wildman–Crippen LogP) is 4.58. The van der Waals surface area contributed by atoms with Crippen LogP contribution in [-0.2, 0) is 9.53 Å². The summed E-state index contributed by atoms with van der Waals surface area (Å²) >= 11 is 0. The van der Waals surface area contributed by atoms with E-state index in [-0.39, 0.29) is 11.6 Å². The molecule has 1 aliphatic heterocycles. The lowest BCUT2D eigenvalue weighted by Gasteiger charge is -2.45. The van der Waals surface area contributed by atoms with Gasteiger partial charge < -0.3 is 9.64 Å². The fraction of sp³-hybridized carbons (Fsp3) is 0.650. The van der Waals surface area contributed by atoms with Gasteiger partial charge in [0.15, 0.2) is 6.10 Å². The number of ether oxygens (including phenoxy) is 1. The number of amides is 1. The van der Waals surface area contributed by atoms with Crippen molar-refractivity contribution in [3.8, 4) is 0 Å². The maximum atomic E-state index is 13.3. The average molecular weight is 313 g/mol. The molecule has 0 N–H and O–H groups in total. The second-order valence-electron chi connectivity index (χ2n) is 7.42. The number of rotatable bonds is 2. The maximum absolute atomic E-state index is 13.3. The summed E-state index contributed by atoms with van der Waals surface area (Å²) in [6.07, 6.45) is 11.4.